The Morgan fingerprint density at radius 3 is 2.33 bits per heavy atom. The summed E-state index contributed by atoms with van der Waals surface area (Å²) in [5, 5.41) is 0.204. The van der Waals surface area contributed by atoms with Crippen LogP contribution in [-0.4, -0.2) is 16.0 Å². The predicted molar refractivity (Wildman–Crippen MR) is 90.7 cm³/mol. The number of hydrogen-bond donors (Lipinski definition) is 1. The van der Waals surface area contributed by atoms with E-state index in [0.717, 1.165) is 17.7 Å². The first-order chi connectivity index (χ1) is 9.82. The molecule has 21 heavy (non-hydrogen) atoms. The van der Waals surface area contributed by atoms with Gasteiger partial charge in [0.05, 0.1) is 10.8 Å². The van der Waals surface area contributed by atoms with Gasteiger partial charge in [-0.2, -0.15) is 0 Å². The maximum Gasteiger partial charge on any atom is 0.0564 e. The van der Waals surface area contributed by atoms with Gasteiger partial charge in [0.25, 0.3) is 0 Å². The molecule has 0 saturated heterocycles. The van der Waals surface area contributed by atoms with Crippen LogP contribution in [0.25, 0.3) is 0 Å². The molecular weight excluding hydrogens is 278 g/mol. The monoisotopic (exact) mass is 307 g/mol. The lowest BCUT2D eigenvalue weighted by molar-refractivity contribution is 0.156. The van der Waals surface area contributed by atoms with Crippen molar-refractivity contribution in [3.8, 4) is 0 Å². The van der Waals surface area contributed by atoms with Crippen LogP contribution in [0.4, 0.5) is 0 Å². The van der Waals surface area contributed by atoms with Crippen molar-refractivity contribution in [3.63, 3.8) is 0 Å². The minimum absolute atomic E-state index is 0.204. The fourth-order valence-corrected chi connectivity index (χ4v) is 5.12. The van der Waals surface area contributed by atoms with Crippen LogP contribution in [0.5, 0.6) is 0 Å². The van der Waals surface area contributed by atoms with Gasteiger partial charge in [0.2, 0.25) is 0 Å². The summed E-state index contributed by atoms with van der Waals surface area (Å²) in [5.74, 6) is 1.03. The van der Waals surface area contributed by atoms with Crippen LogP contribution in [0.15, 0.2) is 29.2 Å². The summed E-state index contributed by atoms with van der Waals surface area (Å²) in [6.45, 7) is 9.61. The van der Waals surface area contributed by atoms with Crippen LogP contribution in [0.3, 0.4) is 0 Å². The highest BCUT2D eigenvalue weighted by atomic mass is 32.2. The summed E-state index contributed by atoms with van der Waals surface area (Å²) in [6.07, 6.45) is 3.36. The fourth-order valence-electron chi connectivity index (χ4n) is 3.36. The quantitative estimate of drug-likeness (QED) is 0.920. The van der Waals surface area contributed by atoms with Gasteiger partial charge < -0.3 is 5.73 Å². The number of aryl methyl sites for hydroxylation is 1. The molecule has 0 bridgehead atoms. The Morgan fingerprint density at radius 1 is 1.19 bits per heavy atom. The molecule has 2 N–H and O–H groups in total. The van der Waals surface area contributed by atoms with Crippen molar-refractivity contribution in [2.24, 2.45) is 23.0 Å². The molecule has 4 atom stereocenters. The van der Waals surface area contributed by atoms with E-state index in [1.807, 2.05) is 12.1 Å². The standard InChI is InChI=1S/C18H29NOS/c1-13-5-9-16(10-6-13)21(20)17-11-15(18(2,3)4)8-7-14(17)12-19/h5-6,9-10,14-15,17H,7-8,11-12,19H2,1-4H3. The summed E-state index contributed by atoms with van der Waals surface area (Å²) in [7, 11) is -0.944. The molecule has 1 aromatic rings. The highest BCUT2D eigenvalue weighted by Gasteiger charge is 2.38. The van der Waals surface area contributed by atoms with Crippen molar-refractivity contribution in [1.29, 1.82) is 0 Å². The minimum atomic E-state index is -0.944. The van der Waals surface area contributed by atoms with E-state index < -0.39 is 10.8 Å². The lowest BCUT2D eigenvalue weighted by Gasteiger charge is -2.41. The molecule has 0 spiro atoms. The fraction of sp³-hybridized carbons (Fsp3) is 0.667. The van der Waals surface area contributed by atoms with E-state index >= 15 is 0 Å². The average molecular weight is 308 g/mol. The van der Waals surface area contributed by atoms with Crippen molar-refractivity contribution in [2.45, 2.75) is 57.1 Å². The molecule has 3 heteroatoms. The SMILES string of the molecule is Cc1ccc(S(=O)C2CC(C(C)(C)C)CCC2CN)cc1. The number of rotatable bonds is 3. The van der Waals surface area contributed by atoms with Gasteiger partial charge in [-0.3, -0.25) is 4.21 Å². The first kappa shape index (κ1) is 16.7. The average Bonchev–Trinajstić information content (AvgIpc) is 2.45. The summed E-state index contributed by atoms with van der Waals surface area (Å²) >= 11 is 0. The lowest BCUT2D eigenvalue weighted by Crippen LogP contribution is -2.40. The van der Waals surface area contributed by atoms with Crippen LogP contribution >= 0.6 is 0 Å². The highest BCUT2D eigenvalue weighted by Crippen LogP contribution is 2.42. The van der Waals surface area contributed by atoms with Crippen LogP contribution in [0.1, 0.15) is 45.6 Å². The lowest BCUT2D eigenvalue weighted by atomic mass is 9.69. The van der Waals surface area contributed by atoms with Crippen molar-refractivity contribution >= 4 is 10.8 Å². The number of benzene rings is 1. The van der Waals surface area contributed by atoms with E-state index in [9.17, 15) is 4.21 Å². The zero-order valence-electron chi connectivity index (χ0n) is 13.8. The van der Waals surface area contributed by atoms with Gasteiger partial charge in [-0.1, -0.05) is 38.5 Å². The molecule has 0 amide bonds. The molecule has 0 heterocycles. The van der Waals surface area contributed by atoms with Gasteiger partial charge in [-0.05, 0) is 62.1 Å². The van der Waals surface area contributed by atoms with Gasteiger partial charge in [0.15, 0.2) is 0 Å². The molecule has 118 valence electrons. The van der Waals surface area contributed by atoms with Crippen molar-refractivity contribution in [2.75, 3.05) is 6.54 Å². The first-order valence-electron chi connectivity index (χ1n) is 8.00. The second kappa shape index (κ2) is 6.62. The van der Waals surface area contributed by atoms with Gasteiger partial charge in [0.1, 0.15) is 0 Å². The Morgan fingerprint density at radius 2 is 1.81 bits per heavy atom. The Balaban J connectivity index is 2.20. The Kier molecular flexibility index (Phi) is 5.26. The molecule has 4 unspecified atom stereocenters. The molecule has 0 radical (unpaired) electrons. The molecule has 0 aromatic heterocycles. The normalized spacial score (nSPS) is 28.3. The molecule has 1 saturated carbocycles. The minimum Gasteiger partial charge on any atom is -0.330 e. The summed E-state index contributed by atoms with van der Waals surface area (Å²) in [5.41, 5.74) is 7.45. The van der Waals surface area contributed by atoms with Crippen molar-refractivity contribution in [1.82, 2.24) is 0 Å². The van der Waals surface area contributed by atoms with E-state index in [-0.39, 0.29) is 10.7 Å². The van der Waals surface area contributed by atoms with Gasteiger partial charge in [-0.15, -0.1) is 0 Å². The third-order valence-electron chi connectivity index (χ3n) is 4.98. The van der Waals surface area contributed by atoms with Crippen LogP contribution in [0, 0.1) is 24.2 Å². The van der Waals surface area contributed by atoms with E-state index in [4.69, 9.17) is 5.73 Å². The molecule has 1 aromatic carbocycles. The summed E-state index contributed by atoms with van der Waals surface area (Å²) in [4.78, 5) is 0.957. The van der Waals surface area contributed by atoms with Crippen LogP contribution in [0.2, 0.25) is 0 Å². The summed E-state index contributed by atoms with van der Waals surface area (Å²) in [6, 6.07) is 8.13. The first-order valence-corrected chi connectivity index (χ1v) is 9.21. The molecule has 2 rings (SSSR count). The molecule has 1 aliphatic rings. The number of nitrogens with two attached hydrogens (primary N) is 1. The largest absolute Gasteiger partial charge is 0.330 e. The van der Waals surface area contributed by atoms with E-state index in [0.29, 0.717) is 18.4 Å². The Hall–Kier alpha value is -0.670. The Bertz CT molecular complexity index is 489. The molecule has 1 aliphatic carbocycles. The molecular formula is C18H29NOS. The smallest absolute Gasteiger partial charge is 0.0564 e. The number of hydrogen-bond acceptors (Lipinski definition) is 2. The van der Waals surface area contributed by atoms with E-state index in [2.05, 4.69) is 39.8 Å². The van der Waals surface area contributed by atoms with Crippen molar-refractivity contribution in [3.05, 3.63) is 29.8 Å². The second-order valence-corrected chi connectivity index (χ2v) is 9.19. The van der Waals surface area contributed by atoms with E-state index in [1.165, 1.54) is 12.0 Å². The Labute approximate surface area is 132 Å². The van der Waals surface area contributed by atoms with Crippen LogP contribution in [-0.2, 0) is 10.8 Å². The van der Waals surface area contributed by atoms with Crippen molar-refractivity contribution < 1.29 is 4.21 Å². The van der Waals surface area contributed by atoms with Gasteiger partial charge in [0, 0.05) is 10.1 Å². The maximum atomic E-state index is 13.0. The molecule has 1 fully saturated rings. The van der Waals surface area contributed by atoms with Crippen LogP contribution < -0.4 is 5.73 Å². The topological polar surface area (TPSA) is 43.1 Å². The highest BCUT2D eigenvalue weighted by molar-refractivity contribution is 7.85. The molecule has 2 nitrogen and oxygen atoms in total. The zero-order valence-corrected chi connectivity index (χ0v) is 14.6. The molecule has 0 aliphatic heterocycles. The third kappa shape index (κ3) is 3.95. The zero-order chi connectivity index (χ0) is 15.6. The van der Waals surface area contributed by atoms with Gasteiger partial charge in [-0.25, -0.2) is 0 Å². The predicted octanol–water partition coefficient (Wildman–Crippen LogP) is 3.89. The van der Waals surface area contributed by atoms with E-state index in [1.54, 1.807) is 0 Å². The maximum absolute atomic E-state index is 13.0. The second-order valence-electron chi connectivity index (χ2n) is 7.52. The third-order valence-corrected chi connectivity index (χ3v) is 6.85. The van der Waals surface area contributed by atoms with Gasteiger partial charge >= 0.3 is 0 Å². The summed E-state index contributed by atoms with van der Waals surface area (Å²) < 4.78 is 13.0.